The lowest BCUT2D eigenvalue weighted by Crippen LogP contribution is -2.41. The van der Waals surface area contributed by atoms with Crippen LogP contribution in [-0.4, -0.2) is 28.7 Å². The van der Waals surface area contributed by atoms with Crippen LogP contribution in [0.1, 0.15) is 19.7 Å². The lowest BCUT2D eigenvalue weighted by Gasteiger charge is -2.19. The van der Waals surface area contributed by atoms with Crippen LogP contribution in [0.5, 0.6) is 0 Å². The molecule has 1 atom stereocenters. The summed E-state index contributed by atoms with van der Waals surface area (Å²) < 4.78 is 6.66. The molecule has 0 amide bonds. The molecule has 0 aliphatic heterocycles. The summed E-state index contributed by atoms with van der Waals surface area (Å²) in [6, 6.07) is -0.290. The van der Waals surface area contributed by atoms with Gasteiger partial charge in [-0.2, -0.15) is 0 Å². The van der Waals surface area contributed by atoms with Crippen LogP contribution in [0.25, 0.3) is 0 Å². The number of carbonyl (C=O) groups excluding carboxylic acids is 1. The van der Waals surface area contributed by atoms with Crippen molar-refractivity contribution in [1.82, 2.24) is 14.9 Å². The molecule has 0 unspecified atom stereocenters. The van der Waals surface area contributed by atoms with Gasteiger partial charge in [-0.05, 0) is 5.92 Å². The maximum Gasteiger partial charge on any atom is 0.323 e. The standard InChI is InChI=1S/C11H19N3O2/c1-8(2)10(11(15)16-4)13-7-9-12-5-6-14(9)3/h5-6,8,10,13H,7H2,1-4H3/t10-/m0/s1. The number of nitrogens with zero attached hydrogens (tertiary/aromatic N) is 2. The van der Waals surface area contributed by atoms with Crippen LogP contribution < -0.4 is 5.32 Å². The van der Waals surface area contributed by atoms with Crippen molar-refractivity contribution in [3.8, 4) is 0 Å². The second-order valence-corrected chi connectivity index (χ2v) is 4.08. The minimum Gasteiger partial charge on any atom is -0.468 e. The quantitative estimate of drug-likeness (QED) is 0.750. The number of methoxy groups -OCH3 is 1. The molecule has 0 spiro atoms. The van der Waals surface area contributed by atoms with Gasteiger partial charge in [-0.3, -0.25) is 10.1 Å². The van der Waals surface area contributed by atoms with E-state index < -0.39 is 0 Å². The van der Waals surface area contributed by atoms with Crippen molar-refractivity contribution in [2.45, 2.75) is 26.4 Å². The van der Waals surface area contributed by atoms with Crippen LogP contribution in [0, 0.1) is 5.92 Å². The lowest BCUT2D eigenvalue weighted by molar-refractivity contribution is -0.144. The summed E-state index contributed by atoms with van der Waals surface area (Å²) in [5, 5.41) is 3.16. The Balaban J connectivity index is 2.57. The van der Waals surface area contributed by atoms with E-state index in [1.54, 1.807) is 6.20 Å². The van der Waals surface area contributed by atoms with Gasteiger partial charge in [0.05, 0.1) is 13.7 Å². The normalized spacial score (nSPS) is 12.8. The van der Waals surface area contributed by atoms with Gasteiger partial charge in [0, 0.05) is 19.4 Å². The fourth-order valence-corrected chi connectivity index (χ4v) is 1.49. The van der Waals surface area contributed by atoms with E-state index in [4.69, 9.17) is 4.74 Å². The van der Waals surface area contributed by atoms with E-state index in [1.807, 2.05) is 31.7 Å². The van der Waals surface area contributed by atoms with Gasteiger partial charge in [-0.25, -0.2) is 4.98 Å². The molecular weight excluding hydrogens is 206 g/mol. The zero-order valence-corrected chi connectivity index (χ0v) is 10.2. The average Bonchev–Trinajstić information content (AvgIpc) is 2.64. The lowest BCUT2D eigenvalue weighted by atomic mass is 10.0. The fraction of sp³-hybridized carbons (Fsp3) is 0.636. The van der Waals surface area contributed by atoms with E-state index >= 15 is 0 Å². The van der Waals surface area contributed by atoms with Crippen LogP contribution in [-0.2, 0) is 23.1 Å². The van der Waals surface area contributed by atoms with Crippen molar-refractivity contribution >= 4 is 5.97 Å². The number of esters is 1. The number of hydrogen-bond acceptors (Lipinski definition) is 4. The van der Waals surface area contributed by atoms with Gasteiger partial charge in [0.2, 0.25) is 0 Å². The van der Waals surface area contributed by atoms with Gasteiger partial charge in [-0.15, -0.1) is 0 Å². The number of aromatic nitrogens is 2. The summed E-state index contributed by atoms with van der Waals surface area (Å²) in [4.78, 5) is 15.7. The highest BCUT2D eigenvalue weighted by atomic mass is 16.5. The Hall–Kier alpha value is -1.36. The van der Waals surface area contributed by atoms with Crippen molar-refractivity contribution in [2.75, 3.05) is 7.11 Å². The molecular formula is C11H19N3O2. The first kappa shape index (κ1) is 12.7. The molecule has 0 aliphatic rings. The molecule has 0 bridgehead atoms. The molecule has 1 rings (SSSR count). The molecule has 0 aromatic carbocycles. The minimum atomic E-state index is -0.290. The Morgan fingerprint density at radius 2 is 2.31 bits per heavy atom. The largest absolute Gasteiger partial charge is 0.468 e. The Bertz CT molecular complexity index is 347. The average molecular weight is 225 g/mol. The summed E-state index contributed by atoms with van der Waals surface area (Å²) in [5.74, 6) is 0.853. The topological polar surface area (TPSA) is 56.1 Å². The molecule has 0 radical (unpaired) electrons. The maximum atomic E-state index is 11.5. The van der Waals surface area contributed by atoms with E-state index in [9.17, 15) is 4.79 Å². The molecule has 1 N–H and O–H groups in total. The summed E-state index contributed by atoms with van der Waals surface area (Å²) >= 11 is 0. The number of carbonyl (C=O) groups is 1. The predicted molar refractivity (Wildman–Crippen MR) is 60.7 cm³/mol. The number of imidazole rings is 1. The van der Waals surface area contributed by atoms with Crippen LogP contribution in [0.3, 0.4) is 0 Å². The van der Waals surface area contributed by atoms with Gasteiger partial charge >= 0.3 is 5.97 Å². The molecule has 0 saturated heterocycles. The Morgan fingerprint density at radius 1 is 1.62 bits per heavy atom. The van der Waals surface area contributed by atoms with Crippen LogP contribution in [0.15, 0.2) is 12.4 Å². The van der Waals surface area contributed by atoms with Gasteiger partial charge in [-0.1, -0.05) is 13.8 Å². The van der Waals surface area contributed by atoms with Crippen LogP contribution in [0.2, 0.25) is 0 Å². The highest BCUT2D eigenvalue weighted by Gasteiger charge is 2.22. The Labute approximate surface area is 95.8 Å². The van der Waals surface area contributed by atoms with Crippen LogP contribution in [0.4, 0.5) is 0 Å². The highest BCUT2D eigenvalue weighted by molar-refractivity contribution is 5.75. The fourth-order valence-electron chi connectivity index (χ4n) is 1.49. The first-order valence-corrected chi connectivity index (χ1v) is 5.33. The third kappa shape index (κ3) is 3.06. The van der Waals surface area contributed by atoms with Crippen molar-refractivity contribution in [3.05, 3.63) is 18.2 Å². The van der Waals surface area contributed by atoms with E-state index in [-0.39, 0.29) is 17.9 Å². The second kappa shape index (κ2) is 5.65. The van der Waals surface area contributed by atoms with Crippen molar-refractivity contribution in [1.29, 1.82) is 0 Å². The number of hydrogen-bond donors (Lipinski definition) is 1. The third-order valence-corrected chi connectivity index (χ3v) is 2.52. The molecule has 1 aromatic rings. The first-order chi connectivity index (χ1) is 7.56. The molecule has 5 nitrogen and oxygen atoms in total. The summed E-state index contributed by atoms with van der Waals surface area (Å²) in [5.41, 5.74) is 0. The smallest absolute Gasteiger partial charge is 0.323 e. The monoisotopic (exact) mass is 225 g/mol. The molecule has 90 valence electrons. The maximum absolute atomic E-state index is 11.5. The van der Waals surface area contributed by atoms with E-state index in [0.717, 1.165) is 5.82 Å². The first-order valence-electron chi connectivity index (χ1n) is 5.33. The zero-order valence-electron chi connectivity index (χ0n) is 10.2. The molecule has 16 heavy (non-hydrogen) atoms. The Kier molecular flexibility index (Phi) is 4.49. The molecule has 1 heterocycles. The minimum absolute atomic E-state index is 0.188. The van der Waals surface area contributed by atoms with E-state index in [0.29, 0.717) is 6.54 Å². The number of aryl methyl sites for hydroxylation is 1. The molecule has 0 saturated carbocycles. The van der Waals surface area contributed by atoms with Crippen molar-refractivity contribution in [2.24, 2.45) is 13.0 Å². The molecule has 0 fully saturated rings. The van der Waals surface area contributed by atoms with Crippen molar-refractivity contribution in [3.63, 3.8) is 0 Å². The zero-order chi connectivity index (χ0) is 12.1. The predicted octanol–water partition coefficient (Wildman–Crippen LogP) is 0.707. The molecule has 5 heteroatoms. The third-order valence-electron chi connectivity index (χ3n) is 2.52. The Morgan fingerprint density at radius 3 is 2.75 bits per heavy atom. The van der Waals surface area contributed by atoms with Gasteiger partial charge in [0.15, 0.2) is 0 Å². The summed E-state index contributed by atoms with van der Waals surface area (Å²) in [6.07, 6.45) is 3.61. The van der Waals surface area contributed by atoms with Crippen molar-refractivity contribution < 1.29 is 9.53 Å². The number of rotatable bonds is 5. The summed E-state index contributed by atoms with van der Waals surface area (Å²) in [7, 11) is 3.33. The number of nitrogens with one attached hydrogen (secondary N) is 1. The van der Waals surface area contributed by atoms with Gasteiger partial charge in [0.25, 0.3) is 0 Å². The van der Waals surface area contributed by atoms with Gasteiger partial charge < -0.3 is 9.30 Å². The molecule has 0 aliphatic carbocycles. The highest BCUT2D eigenvalue weighted by Crippen LogP contribution is 2.05. The summed E-state index contributed by atoms with van der Waals surface area (Å²) in [6.45, 7) is 4.52. The number of ether oxygens (including phenoxy) is 1. The van der Waals surface area contributed by atoms with Gasteiger partial charge in [0.1, 0.15) is 11.9 Å². The SMILES string of the molecule is COC(=O)[C@@H](NCc1nccn1C)C(C)C. The molecule has 1 aromatic heterocycles. The van der Waals surface area contributed by atoms with Crippen LogP contribution >= 0.6 is 0 Å². The van der Waals surface area contributed by atoms with E-state index in [2.05, 4.69) is 10.3 Å². The van der Waals surface area contributed by atoms with E-state index in [1.165, 1.54) is 7.11 Å². The second-order valence-electron chi connectivity index (χ2n) is 4.08.